The standard InChI is InChI=1S/C16H14Cl2O/c1-10-6-7-11(2)12(8-10)9-15(19)16-13(17)4-3-5-14(16)18/h3-8H,9H2,1-2H3. The minimum atomic E-state index is -0.0516. The number of benzene rings is 2. The Morgan fingerprint density at radius 3 is 2.32 bits per heavy atom. The van der Waals surface area contributed by atoms with Crippen LogP contribution in [0.4, 0.5) is 0 Å². The zero-order valence-corrected chi connectivity index (χ0v) is 12.3. The predicted molar refractivity (Wildman–Crippen MR) is 80.4 cm³/mol. The summed E-state index contributed by atoms with van der Waals surface area (Å²) in [5.41, 5.74) is 3.66. The van der Waals surface area contributed by atoms with E-state index in [4.69, 9.17) is 23.2 Å². The lowest BCUT2D eigenvalue weighted by Gasteiger charge is -2.09. The fourth-order valence-corrected chi connectivity index (χ4v) is 2.62. The van der Waals surface area contributed by atoms with Gasteiger partial charge in [0.25, 0.3) is 0 Å². The highest BCUT2D eigenvalue weighted by molar-refractivity contribution is 6.39. The molecule has 0 bridgehead atoms. The number of ketones is 1. The molecule has 2 aromatic carbocycles. The van der Waals surface area contributed by atoms with Crippen molar-refractivity contribution >= 4 is 29.0 Å². The van der Waals surface area contributed by atoms with Gasteiger partial charge in [0.05, 0.1) is 15.6 Å². The maximum Gasteiger partial charge on any atom is 0.170 e. The van der Waals surface area contributed by atoms with E-state index >= 15 is 0 Å². The molecule has 19 heavy (non-hydrogen) atoms. The van der Waals surface area contributed by atoms with Crippen LogP contribution in [0.1, 0.15) is 27.0 Å². The molecule has 0 atom stereocenters. The van der Waals surface area contributed by atoms with Gasteiger partial charge in [0.2, 0.25) is 0 Å². The number of carbonyl (C=O) groups excluding carboxylic acids is 1. The molecular weight excluding hydrogens is 279 g/mol. The lowest BCUT2D eigenvalue weighted by Crippen LogP contribution is -2.06. The topological polar surface area (TPSA) is 17.1 Å². The summed E-state index contributed by atoms with van der Waals surface area (Å²) in [6.45, 7) is 4.01. The summed E-state index contributed by atoms with van der Waals surface area (Å²) in [6, 6.07) is 11.2. The van der Waals surface area contributed by atoms with Crippen LogP contribution in [0.15, 0.2) is 36.4 Å². The SMILES string of the molecule is Cc1ccc(C)c(CC(=O)c2c(Cl)cccc2Cl)c1. The summed E-state index contributed by atoms with van der Waals surface area (Å²) in [7, 11) is 0. The second-order valence-electron chi connectivity index (χ2n) is 4.63. The van der Waals surface area contributed by atoms with Crippen LogP contribution in [0.25, 0.3) is 0 Å². The van der Waals surface area contributed by atoms with Crippen molar-refractivity contribution in [1.29, 1.82) is 0 Å². The first-order chi connectivity index (χ1) is 8.99. The number of rotatable bonds is 3. The summed E-state index contributed by atoms with van der Waals surface area (Å²) in [5.74, 6) is -0.0516. The number of Topliss-reactive ketones (excluding diaryl/α,β-unsaturated/α-hetero) is 1. The molecule has 0 fully saturated rings. The van der Waals surface area contributed by atoms with E-state index in [0.717, 1.165) is 16.7 Å². The van der Waals surface area contributed by atoms with Crippen molar-refractivity contribution in [2.75, 3.05) is 0 Å². The number of aryl methyl sites for hydroxylation is 2. The van der Waals surface area contributed by atoms with E-state index in [2.05, 4.69) is 0 Å². The van der Waals surface area contributed by atoms with E-state index in [-0.39, 0.29) is 5.78 Å². The van der Waals surface area contributed by atoms with Crippen molar-refractivity contribution in [2.24, 2.45) is 0 Å². The maximum absolute atomic E-state index is 12.4. The van der Waals surface area contributed by atoms with Gasteiger partial charge in [-0.2, -0.15) is 0 Å². The smallest absolute Gasteiger partial charge is 0.170 e. The molecule has 0 saturated heterocycles. The second-order valence-corrected chi connectivity index (χ2v) is 5.44. The van der Waals surface area contributed by atoms with Gasteiger partial charge in [-0.15, -0.1) is 0 Å². The number of halogens is 2. The fraction of sp³-hybridized carbons (Fsp3) is 0.188. The highest BCUT2D eigenvalue weighted by Crippen LogP contribution is 2.26. The van der Waals surface area contributed by atoms with Crippen LogP contribution in [0.5, 0.6) is 0 Å². The molecule has 0 aliphatic rings. The van der Waals surface area contributed by atoms with Gasteiger partial charge < -0.3 is 0 Å². The van der Waals surface area contributed by atoms with Crippen LogP contribution < -0.4 is 0 Å². The van der Waals surface area contributed by atoms with Crippen LogP contribution in [0.2, 0.25) is 10.0 Å². The summed E-state index contributed by atoms with van der Waals surface area (Å²) in [6.07, 6.45) is 0.316. The summed E-state index contributed by atoms with van der Waals surface area (Å²) < 4.78 is 0. The molecule has 0 aromatic heterocycles. The number of carbonyl (C=O) groups is 1. The van der Waals surface area contributed by atoms with Crippen molar-refractivity contribution in [1.82, 2.24) is 0 Å². The van der Waals surface area contributed by atoms with Crippen molar-refractivity contribution in [2.45, 2.75) is 20.3 Å². The molecule has 3 heteroatoms. The number of hydrogen-bond donors (Lipinski definition) is 0. The van der Waals surface area contributed by atoms with Gasteiger partial charge in [0.15, 0.2) is 5.78 Å². The van der Waals surface area contributed by atoms with Gasteiger partial charge in [-0.3, -0.25) is 4.79 Å². The third-order valence-electron chi connectivity index (χ3n) is 3.10. The second kappa shape index (κ2) is 5.77. The average molecular weight is 293 g/mol. The first kappa shape index (κ1) is 14.1. The van der Waals surface area contributed by atoms with Crippen molar-refractivity contribution in [3.8, 4) is 0 Å². The Bertz CT molecular complexity index is 612. The van der Waals surface area contributed by atoms with Crippen LogP contribution in [0, 0.1) is 13.8 Å². The fourth-order valence-electron chi connectivity index (χ4n) is 2.02. The van der Waals surface area contributed by atoms with Crippen LogP contribution >= 0.6 is 23.2 Å². The molecule has 0 saturated carbocycles. The van der Waals surface area contributed by atoms with Crippen LogP contribution in [-0.4, -0.2) is 5.78 Å². The van der Waals surface area contributed by atoms with Crippen molar-refractivity contribution in [3.63, 3.8) is 0 Å². The molecule has 2 aromatic rings. The Morgan fingerprint density at radius 1 is 1.05 bits per heavy atom. The van der Waals surface area contributed by atoms with E-state index in [9.17, 15) is 4.79 Å². The summed E-state index contributed by atoms with van der Waals surface area (Å²) >= 11 is 12.1. The van der Waals surface area contributed by atoms with Crippen LogP contribution in [0.3, 0.4) is 0 Å². The predicted octanol–water partition coefficient (Wildman–Crippen LogP) is 5.04. The molecule has 0 aliphatic heterocycles. The third-order valence-corrected chi connectivity index (χ3v) is 3.73. The van der Waals surface area contributed by atoms with Gasteiger partial charge in [-0.25, -0.2) is 0 Å². The molecule has 0 spiro atoms. The minimum Gasteiger partial charge on any atom is -0.294 e. The first-order valence-corrected chi connectivity index (χ1v) is 6.78. The van der Waals surface area contributed by atoms with Crippen LogP contribution in [-0.2, 0) is 6.42 Å². The molecule has 0 N–H and O–H groups in total. The largest absolute Gasteiger partial charge is 0.294 e. The Morgan fingerprint density at radius 2 is 1.68 bits per heavy atom. The number of hydrogen-bond acceptors (Lipinski definition) is 1. The quantitative estimate of drug-likeness (QED) is 0.725. The van der Waals surface area contributed by atoms with E-state index < -0.39 is 0 Å². The summed E-state index contributed by atoms with van der Waals surface area (Å²) in [5, 5.41) is 0.811. The van der Waals surface area contributed by atoms with Gasteiger partial charge in [-0.1, -0.05) is 53.0 Å². The van der Waals surface area contributed by atoms with E-state index in [1.54, 1.807) is 18.2 Å². The zero-order chi connectivity index (χ0) is 14.0. The molecule has 0 amide bonds. The van der Waals surface area contributed by atoms with E-state index in [1.165, 1.54) is 0 Å². The molecular formula is C16H14Cl2O. The minimum absolute atomic E-state index is 0.0516. The van der Waals surface area contributed by atoms with E-state index in [0.29, 0.717) is 22.0 Å². The lowest BCUT2D eigenvalue weighted by atomic mass is 9.98. The molecule has 1 nitrogen and oxygen atoms in total. The van der Waals surface area contributed by atoms with Gasteiger partial charge in [-0.05, 0) is 37.1 Å². The third kappa shape index (κ3) is 3.17. The molecule has 0 unspecified atom stereocenters. The highest BCUT2D eigenvalue weighted by Gasteiger charge is 2.15. The normalized spacial score (nSPS) is 10.5. The zero-order valence-electron chi connectivity index (χ0n) is 10.8. The summed E-state index contributed by atoms with van der Waals surface area (Å²) in [4.78, 5) is 12.4. The molecule has 0 radical (unpaired) electrons. The monoisotopic (exact) mass is 292 g/mol. The maximum atomic E-state index is 12.4. The Balaban J connectivity index is 2.34. The first-order valence-electron chi connectivity index (χ1n) is 6.02. The van der Waals surface area contributed by atoms with Gasteiger partial charge in [0.1, 0.15) is 0 Å². The average Bonchev–Trinajstić information content (AvgIpc) is 2.33. The lowest BCUT2D eigenvalue weighted by molar-refractivity contribution is 0.0993. The Labute approximate surface area is 123 Å². The molecule has 0 aliphatic carbocycles. The Hall–Kier alpha value is -1.31. The van der Waals surface area contributed by atoms with Crippen molar-refractivity contribution < 1.29 is 4.79 Å². The molecule has 2 rings (SSSR count). The van der Waals surface area contributed by atoms with Gasteiger partial charge in [0, 0.05) is 6.42 Å². The van der Waals surface area contributed by atoms with Crippen molar-refractivity contribution in [3.05, 3.63) is 68.7 Å². The molecule has 98 valence electrons. The molecule has 0 heterocycles. The van der Waals surface area contributed by atoms with Gasteiger partial charge >= 0.3 is 0 Å². The van der Waals surface area contributed by atoms with E-state index in [1.807, 2.05) is 32.0 Å². The Kier molecular flexibility index (Phi) is 4.28. The highest BCUT2D eigenvalue weighted by atomic mass is 35.5.